The number of H-pyrrole nitrogens is 1. The van der Waals surface area contributed by atoms with Gasteiger partial charge in [-0.15, -0.1) is 11.3 Å². The first-order valence-electron chi connectivity index (χ1n) is 28.7. The van der Waals surface area contributed by atoms with Crippen LogP contribution in [0, 0.1) is 12.3 Å². The van der Waals surface area contributed by atoms with Crippen LogP contribution < -0.4 is 31.9 Å². The maximum absolute atomic E-state index is 14.4. The molecule has 3 aliphatic rings. The van der Waals surface area contributed by atoms with Gasteiger partial charge in [-0.1, -0.05) is 95.3 Å². The van der Waals surface area contributed by atoms with E-state index in [9.17, 15) is 57.8 Å². The number of primary amides is 1. The van der Waals surface area contributed by atoms with Crippen molar-refractivity contribution in [1.29, 1.82) is 0 Å². The van der Waals surface area contributed by atoms with Crippen LogP contribution >= 0.6 is 18.9 Å². The lowest BCUT2D eigenvalue weighted by atomic mass is 9.85. The summed E-state index contributed by atoms with van der Waals surface area (Å²) >= 11 is 1.56. The van der Waals surface area contributed by atoms with E-state index < -0.39 is 84.4 Å². The fourth-order valence-corrected chi connectivity index (χ4v) is 12.5. The van der Waals surface area contributed by atoms with Crippen LogP contribution in [-0.2, 0) is 57.5 Å². The predicted octanol–water partition coefficient (Wildman–Crippen LogP) is 5.62. The molecule has 0 bridgehead atoms. The Morgan fingerprint density at radius 3 is 2.30 bits per heavy atom. The zero-order valence-electron chi connectivity index (χ0n) is 47.8. The quantitative estimate of drug-likeness (QED) is 0.0228. The number of para-hydroxylation sites is 1. The second-order valence-electron chi connectivity index (χ2n) is 23.2. The summed E-state index contributed by atoms with van der Waals surface area (Å²) in [6.07, 6.45) is 6.32. The van der Waals surface area contributed by atoms with E-state index in [1.54, 1.807) is 16.8 Å². The summed E-state index contributed by atoms with van der Waals surface area (Å²) in [6.45, 7) is 8.26. The van der Waals surface area contributed by atoms with Crippen molar-refractivity contribution >= 4 is 82.4 Å². The first-order valence-corrected chi connectivity index (χ1v) is 31.1. The molecule has 24 heteroatoms. The van der Waals surface area contributed by atoms with E-state index in [0.29, 0.717) is 36.0 Å². The number of carbonyl (C=O) groups is 8. The molecule has 5 heterocycles. The number of carbonyl (C=O) groups excluding carboxylic acids is 8. The third-order valence-electron chi connectivity index (χ3n) is 15.7. The molecule has 0 unspecified atom stereocenters. The molecule has 3 aromatic carbocycles. The van der Waals surface area contributed by atoms with Gasteiger partial charge in [-0.2, -0.15) is 0 Å². The molecule has 7 amide bonds. The largest absolute Gasteiger partial charge is 0.396 e. The standard InChI is InChI=1S/C60H76N9O13PS/c1-35-52(84-34-63-35)38-18-16-36(17-19-38)31-62-55(74)47-30-43(70)32-68(47)58(77)53(60(2,3)4)67-50(72)15-10-8-6-5-7-9-11-26-82-33-42(22-25-49(61)71)64-56(75)48-29-39-14-12-13-37-20-24-45(57(76)69(48)51(37)39)66-54(73)46-28-41-27-40(21-23-44(41)65-46)59(78)83(79,80)81/h12-14,16-19,21,23,27-28,34,42-43,45,47-48,53,65,70H,5-11,15,20,22,24-26,29-33H2,1-4H3,(H2,61,71)(H,62,74)(H,64,75)(H,66,73)(H,67,72)(H2,79,80,81)/t42-,43+,45-,47-,48-,53+/m0/s1. The molecule has 10 N–H and O–H groups in total. The van der Waals surface area contributed by atoms with E-state index in [4.69, 9.17) is 10.5 Å². The Labute approximate surface area is 491 Å². The summed E-state index contributed by atoms with van der Waals surface area (Å²) in [5.74, 6) is -3.16. The van der Waals surface area contributed by atoms with E-state index in [0.717, 1.165) is 71.3 Å². The van der Waals surface area contributed by atoms with Crippen LogP contribution in [0.3, 0.4) is 0 Å². The number of aliphatic hydroxyl groups is 1. The Bertz CT molecular complexity index is 3300. The van der Waals surface area contributed by atoms with Gasteiger partial charge in [-0.05, 0) is 91.0 Å². The molecular weight excluding hydrogens is 1120 g/mol. The average Bonchev–Trinajstić information content (AvgIpc) is 3.96. The van der Waals surface area contributed by atoms with E-state index in [1.165, 1.54) is 34.1 Å². The van der Waals surface area contributed by atoms with Crippen LogP contribution in [0.25, 0.3) is 21.3 Å². The first-order chi connectivity index (χ1) is 40.0. The molecule has 450 valence electrons. The van der Waals surface area contributed by atoms with Gasteiger partial charge in [0.05, 0.1) is 40.5 Å². The van der Waals surface area contributed by atoms with Gasteiger partial charge in [0.15, 0.2) is 0 Å². The number of β-amino-alcohol motifs (C(OH)–C–C–N with tert-alkyl or cyclic N) is 1. The number of nitrogens with zero attached hydrogens (tertiary/aromatic N) is 3. The second kappa shape index (κ2) is 27.7. The lowest BCUT2D eigenvalue weighted by Gasteiger charge is -2.35. The highest BCUT2D eigenvalue weighted by atomic mass is 32.1. The van der Waals surface area contributed by atoms with Crippen molar-refractivity contribution in [3.63, 3.8) is 0 Å². The Morgan fingerprint density at radius 1 is 0.893 bits per heavy atom. The van der Waals surface area contributed by atoms with Crippen molar-refractivity contribution in [3.05, 3.63) is 106 Å². The molecule has 8 rings (SSSR count). The Kier molecular flexibility index (Phi) is 20.7. The topological polar surface area (TPSA) is 333 Å². The molecular formula is C60H76N9O13PS. The van der Waals surface area contributed by atoms with E-state index in [-0.39, 0.29) is 81.3 Å². The number of ether oxygens (including phenoxy) is 1. The SMILES string of the molecule is Cc1ncsc1-c1ccc(CNC(=O)[C@@H]2C[C@@H](O)CN2C(=O)[C@@H](NC(=O)CCCCCCCCCOC[C@H](CCC(N)=O)NC(=O)[C@@H]2Cc3cccc4c3N2C(=O)[C@@H](NC(=O)c2cc3cc(C(=O)P(=O)(O)O)ccc3[nH]2)CC4)C(C)(C)C)cc1. The number of thiazole rings is 1. The second-order valence-corrected chi connectivity index (χ2v) is 25.6. The number of fused-ring (bicyclic) bond motifs is 1. The van der Waals surface area contributed by atoms with Gasteiger partial charge in [0, 0.05) is 61.8 Å². The van der Waals surface area contributed by atoms with Gasteiger partial charge >= 0.3 is 7.60 Å². The van der Waals surface area contributed by atoms with Crippen molar-refractivity contribution in [2.24, 2.45) is 11.1 Å². The van der Waals surface area contributed by atoms with Crippen molar-refractivity contribution < 1.29 is 62.6 Å². The zero-order valence-corrected chi connectivity index (χ0v) is 49.5. The van der Waals surface area contributed by atoms with Gasteiger partial charge in [0.2, 0.25) is 35.4 Å². The molecule has 0 aliphatic carbocycles. The normalized spacial score (nSPS) is 18.4. The number of nitrogens with two attached hydrogens (primary N) is 1. The number of unbranched alkanes of at least 4 members (excludes halogenated alkanes) is 6. The number of rotatable bonds is 27. The minimum Gasteiger partial charge on any atom is -0.391 e. The third-order valence-corrected chi connectivity index (χ3v) is 17.5. The van der Waals surface area contributed by atoms with Gasteiger partial charge in [-0.3, -0.25) is 47.8 Å². The van der Waals surface area contributed by atoms with Crippen LogP contribution in [0.4, 0.5) is 5.69 Å². The number of aliphatic hydroxyl groups excluding tert-OH is 1. The number of likely N-dealkylation sites (tertiary alicyclic amines) is 1. The summed E-state index contributed by atoms with van der Waals surface area (Å²) in [4.78, 5) is 137. The molecule has 2 aromatic heterocycles. The monoisotopic (exact) mass is 1190 g/mol. The zero-order chi connectivity index (χ0) is 60.5. The van der Waals surface area contributed by atoms with Crippen molar-refractivity contribution in [1.82, 2.24) is 36.1 Å². The van der Waals surface area contributed by atoms with Crippen LogP contribution in [0.5, 0.6) is 0 Å². The molecule has 22 nitrogen and oxygen atoms in total. The van der Waals surface area contributed by atoms with Crippen LogP contribution in [0.2, 0.25) is 0 Å². The van der Waals surface area contributed by atoms with Crippen molar-refractivity contribution in [3.8, 4) is 10.4 Å². The summed E-state index contributed by atoms with van der Waals surface area (Å²) in [6, 6.07) is 14.4. The minimum atomic E-state index is -5.04. The van der Waals surface area contributed by atoms with Gasteiger partial charge in [-0.25, -0.2) is 4.98 Å². The number of hydrogen-bond acceptors (Lipinski definition) is 13. The number of aromatic nitrogens is 2. The molecule has 84 heavy (non-hydrogen) atoms. The Balaban J connectivity index is 0.748. The lowest BCUT2D eigenvalue weighted by molar-refractivity contribution is -0.144. The first kappa shape index (κ1) is 62.9. The van der Waals surface area contributed by atoms with Crippen LogP contribution in [0.1, 0.15) is 141 Å². The number of anilines is 1. The van der Waals surface area contributed by atoms with E-state index in [1.807, 2.05) is 70.2 Å². The highest BCUT2D eigenvalue weighted by molar-refractivity contribution is 7.70. The number of benzene rings is 3. The number of nitrogens with one attached hydrogen (secondary N) is 5. The number of hydrogen-bond donors (Lipinski definition) is 9. The van der Waals surface area contributed by atoms with Gasteiger partial charge < -0.3 is 56.5 Å². The lowest BCUT2D eigenvalue weighted by Crippen LogP contribution is -2.57. The summed E-state index contributed by atoms with van der Waals surface area (Å²) in [7, 11) is -5.04. The predicted molar refractivity (Wildman–Crippen MR) is 315 cm³/mol. The number of aromatic amines is 1. The molecule has 0 saturated carbocycles. The van der Waals surface area contributed by atoms with Crippen LogP contribution in [0.15, 0.2) is 72.2 Å². The maximum Gasteiger partial charge on any atom is 0.396 e. The molecule has 1 saturated heterocycles. The summed E-state index contributed by atoms with van der Waals surface area (Å²) in [5.41, 5.74) is 10.7. The molecule has 0 radical (unpaired) electrons. The van der Waals surface area contributed by atoms with Crippen molar-refractivity contribution in [2.45, 2.75) is 160 Å². The summed E-state index contributed by atoms with van der Waals surface area (Å²) in [5, 5.41) is 22.7. The van der Waals surface area contributed by atoms with E-state index >= 15 is 0 Å². The number of aryl methyl sites for hydroxylation is 2. The fourth-order valence-electron chi connectivity index (χ4n) is 11.2. The smallest absolute Gasteiger partial charge is 0.391 e. The molecule has 0 spiro atoms. The van der Waals surface area contributed by atoms with Crippen molar-refractivity contribution in [2.75, 3.05) is 24.7 Å². The summed E-state index contributed by atoms with van der Waals surface area (Å²) < 4.78 is 17.6. The highest BCUT2D eigenvalue weighted by Crippen LogP contribution is 2.41. The molecule has 5 aromatic rings. The minimum absolute atomic E-state index is 0.0109. The van der Waals surface area contributed by atoms with Crippen LogP contribution in [-0.4, -0.2) is 133 Å². The van der Waals surface area contributed by atoms with Gasteiger partial charge in [0.1, 0.15) is 29.9 Å². The molecule has 3 aliphatic heterocycles. The third kappa shape index (κ3) is 15.8. The molecule has 1 fully saturated rings. The Hall–Kier alpha value is -7.14. The van der Waals surface area contributed by atoms with Gasteiger partial charge in [0.25, 0.3) is 11.4 Å². The maximum atomic E-state index is 14.4. The van der Waals surface area contributed by atoms with E-state index in [2.05, 4.69) is 31.2 Å². The highest BCUT2D eigenvalue weighted by Gasteiger charge is 2.46. The number of amides is 7. The Morgan fingerprint density at radius 2 is 1.61 bits per heavy atom. The molecule has 6 atom stereocenters. The average molecular weight is 1190 g/mol. The fraction of sp³-hybridized carbons (Fsp3) is 0.483.